The Morgan fingerprint density at radius 3 is 2.67 bits per heavy atom. The van der Waals surface area contributed by atoms with E-state index >= 15 is 0 Å². The third kappa shape index (κ3) is 3.21. The van der Waals surface area contributed by atoms with Crippen LogP contribution in [0.25, 0.3) is 10.9 Å². The highest BCUT2D eigenvalue weighted by molar-refractivity contribution is 6.31. The quantitative estimate of drug-likeness (QED) is 0.728. The van der Waals surface area contributed by atoms with Gasteiger partial charge in [-0.3, -0.25) is 4.57 Å². The van der Waals surface area contributed by atoms with Gasteiger partial charge in [-0.05, 0) is 49.7 Å². The summed E-state index contributed by atoms with van der Waals surface area (Å²) in [6.45, 7) is 4.29. The largest absolute Gasteiger partial charge is 0.492 e. The van der Waals surface area contributed by atoms with Crippen molar-refractivity contribution < 1.29 is 9.15 Å². The third-order valence-corrected chi connectivity index (χ3v) is 4.20. The zero-order valence-corrected chi connectivity index (χ0v) is 14.1. The molecule has 0 N–H and O–H groups in total. The van der Waals surface area contributed by atoms with Crippen molar-refractivity contribution in [1.29, 1.82) is 0 Å². The Bertz CT molecular complexity index is 1020. The predicted octanol–water partition coefficient (Wildman–Crippen LogP) is 3.30. The Balaban J connectivity index is 1.86. The van der Waals surface area contributed by atoms with Crippen molar-refractivity contribution in [2.24, 2.45) is 0 Å². The molecule has 0 aliphatic heterocycles. The smallest absolute Gasteiger partial charge is 0.422 e. The highest BCUT2D eigenvalue weighted by Crippen LogP contribution is 2.21. The van der Waals surface area contributed by atoms with Crippen LogP contribution < -0.4 is 16.1 Å². The van der Waals surface area contributed by atoms with Gasteiger partial charge in [0.15, 0.2) is 0 Å². The van der Waals surface area contributed by atoms with Crippen LogP contribution in [0.2, 0.25) is 5.02 Å². The molecule has 6 heteroatoms. The van der Waals surface area contributed by atoms with Crippen LogP contribution in [0.1, 0.15) is 11.1 Å². The van der Waals surface area contributed by atoms with Crippen LogP contribution in [0, 0.1) is 13.8 Å². The molecule has 5 nitrogen and oxygen atoms in total. The van der Waals surface area contributed by atoms with E-state index in [-0.39, 0.29) is 13.2 Å². The number of aromatic nitrogens is 1. The van der Waals surface area contributed by atoms with E-state index in [0.29, 0.717) is 21.7 Å². The number of nitrogens with zero attached hydrogens (tertiary/aromatic N) is 1. The average molecular weight is 346 g/mol. The number of fused-ring (bicyclic) bond motifs is 1. The first-order chi connectivity index (χ1) is 11.5. The van der Waals surface area contributed by atoms with Gasteiger partial charge in [0.05, 0.1) is 17.4 Å². The first kappa shape index (κ1) is 16.3. The van der Waals surface area contributed by atoms with Crippen LogP contribution in [-0.4, -0.2) is 11.2 Å². The monoisotopic (exact) mass is 345 g/mol. The number of benzene rings is 2. The van der Waals surface area contributed by atoms with E-state index < -0.39 is 11.4 Å². The Kier molecular flexibility index (Phi) is 4.44. The maximum absolute atomic E-state index is 12.0. The summed E-state index contributed by atoms with van der Waals surface area (Å²) < 4.78 is 11.9. The summed E-state index contributed by atoms with van der Waals surface area (Å²) in [5.74, 6) is -0.0188. The molecular formula is C18H16ClNO4. The molecular weight excluding hydrogens is 330 g/mol. The van der Waals surface area contributed by atoms with Crippen molar-refractivity contribution in [3.8, 4) is 5.75 Å². The molecule has 24 heavy (non-hydrogen) atoms. The lowest BCUT2D eigenvalue weighted by molar-refractivity contribution is 0.287. The summed E-state index contributed by atoms with van der Waals surface area (Å²) in [5, 5.41) is 1.06. The summed E-state index contributed by atoms with van der Waals surface area (Å²) in [6, 6.07) is 10.7. The highest BCUT2D eigenvalue weighted by Gasteiger charge is 2.09. The van der Waals surface area contributed by atoms with Gasteiger partial charge in [-0.1, -0.05) is 23.2 Å². The second-order valence-electron chi connectivity index (χ2n) is 5.59. The molecule has 0 bridgehead atoms. The molecule has 0 saturated carbocycles. The van der Waals surface area contributed by atoms with Gasteiger partial charge in [-0.2, -0.15) is 0 Å². The minimum atomic E-state index is -0.688. The molecule has 1 aromatic heterocycles. The summed E-state index contributed by atoms with van der Waals surface area (Å²) in [7, 11) is 0. The lowest BCUT2D eigenvalue weighted by Crippen LogP contribution is -2.27. The molecule has 2 aromatic carbocycles. The molecule has 3 aromatic rings. The molecule has 0 unspecified atom stereocenters. The van der Waals surface area contributed by atoms with E-state index in [4.69, 9.17) is 20.8 Å². The minimum absolute atomic E-state index is 0.262. The van der Waals surface area contributed by atoms with Crippen molar-refractivity contribution in [2.75, 3.05) is 6.61 Å². The van der Waals surface area contributed by atoms with Gasteiger partial charge in [0.25, 0.3) is 0 Å². The van der Waals surface area contributed by atoms with E-state index in [1.54, 1.807) is 24.3 Å². The standard InChI is InChI=1S/C18H16ClNO4/c1-11-3-6-16-14(9-11)17(21)24-18(22)20(16)7-8-23-13-4-5-15(19)12(2)10-13/h3-6,9-10H,7-8H2,1-2H3. The fraction of sp³-hybridized carbons (Fsp3) is 0.222. The van der Waals surface area contributed by atoms with E-state index in [0.717, 1.165) is 11.1 Å². The first-order valence-electron chi connectivity index (χ1n) is 7.49. The van der Waals surface area contributed by atoms with E-state index in [1.807, 2.05) is 26.0 Å². The van der Waals surface area contributed by atoms with Gasteiger partial charge in [0, 0.05) is 5.02 Å². The fourth-order valence-corrected chi connectivity index (χ4v) is 2.63. The number of ether oxygens (including phenoxy) is 1. The second kappa shape index (κ2) is 6.53. The van der Waals surface area contributed by atoms with Gasteiger partial charge in [-0.15, -0.1) is 0 Å². The normalized spacial score (nSPS) is 11.0. The first-order valence-corrected chi connectivity index (χ1v) is 7.87. The summed E-state index contributed by atoms with van der Waals surface area (Å²) >= 11 is 5.98. The lowest BCUT2D eigenvalue weighted by atomic mass is 10.2. The predicted molar refractivity (Wildman–Crippen MR) is 93.2 cm³/mol. The molecule has 0 aliphatic rings. The lowest BCUT2D eigenvalue weighted by Gasteiger charge is -2.11. The Morgan fingerprint density at radius 2 is 1.92 bits per heavy atom. The maximum Gasteiger partial charge on any atom is 0.422 e. The number of hydrogen-bond donors (Lipinski definition) is 0. The van der Waals surface area contributed by atoms with Crippen molar-refractivity contribution in [1.82, 2.24) is 4.57 Å². The second-order valence-corrected chi connectivity index (χ2v) is 5.99. The average Bonchev–Trinajstić information content (AvgIpc) is 2.54. The summed E-state index contributed by atoms with van der Waals surface area (Å²) in [4.78, 5) is 23.8. The van der Waals surface area contributed by atoms with Crippen LogP contribution in [0.4, 0.5) is 0 Å². The number of hydrogen-bond acceptors (Lipinski definition) is 4. The molecule has 0 atom stereocenters. The van der Waals surface area contributed by atoms with Crippen LogP contribution in [0.3, 0.4) is 0 Å². The maximum atomic E-state index is 12.0. The van der Waals surface area contributed by atoms with Crippen molar-refractivity contribution in [3.63, 3.8) is 0 Å². The van der Waals surface area contributed by atoms with Gasteiger partial charge in [-0.25, -0.2) is 9.59 Å². The molecule has 0 aliphatic carbocycles. The molecule has 0 radical (unpaired) electrons. The Labute approximate surface area is 143 Å². The van der Waals surface area contributed by atoms with E-state index in [1.165, 1.54) is 4.57 Å². The molecule has 124 valence electrons. The van der Waals surface area contributed by atoms with Crippen LogP contribution in [-0.2, 0) is 6.54 Å². The van der Waals surface area contributed by atoms with E-state index in [9.17, 15) is 9.59 Å². The van der Waals surface area contributed by atoms with Crippen molar-refractivity contribution in [2.45, 2.75) is 20.4 Å². The number of aryl methyl sites for hydroxylation is 2. The van der Waals surface area contributed by atoms with Gasteiger partial charge in [0.1, 0.15) is 12.4 Å². The summed E-state index contributed by atoms with van der Waals surface area (Å²) in [5.41, 5.74) is 1.76. The Morgan fingerprint density at radius 1 is 1.12 bits per heavy atom. The summed E-state index contributed by atoms with van der Waals surface area (Å²) in [6.07, 6.45) is 0. The Hall–Kier alpha value is -2.53. The van der Waals surface area contributed by atoms with Gasteiger partial charge in [0.2, 0.25) is 0 Å². The van der Waals surface area contributed by atoms with Gasteiger partial charge >= 0.3 is 11.4 Å². The van der Waals surface area contributed by atoms with Crippen LogP contribution in [0.5, 0.6) is 5.75 Å². The molecule has 3 rings (SSSR count). The molecule has 1 heterocycles. The minimum Gasteiger partial charge on any atom is -0.492 e. The molecule has 0 amide bonds. The molecule has 0 fully saturated rings. The SMILES string of the molecule is Cc1ccc2c(c1)c(=O)oc(=O)n2CCOc1ccc(Cl)c(C)c1. The van der Waals surface area contributed by atoms with Crippen LogP contribution >= 0.6 is 11.6 Å². The number of halogens is 1. The fourth-order valence-electron chi connectivity index (χ4n) is 2.51. The van der Waals surface area contributed by atoms with Crippen LogP contribution in [0.15, 0.2) is 50.4 Å². The topological polar surface area (TPSA) is 61.4 Å². The van der Waals surface area contributed by atoms with Crippen molar-refractivity contribution in [3.05, 3.63) is 73.5 Å². The zero-order chi connectivity index (χ0) is 17.3. The third-order valence-electron chi connectivity index (χ3n) is 3.78. The van der Waals surface area contributed by atoms with E-state index in [2.05, 4.69) is 0 Å². The molecule has 0 spiro atoms. The highest BCUT2D eigenvalue weighted by atomic mass is 35.5. The van der Waals surface area contributed by atoms with Gasteiger partial charge < -0.3 is 9.15 Å². The number of rotatable bonds is 4. The van der Waals surface area contributed by atoms with Crippen molar-refractivity contribution >= 4 is 22.5 Å². The molecule has 0 saturated heterocycles. The zero-order valence-electron chi connectivity index (χ0n) is 13.3.